The van der Waals surface area contributed by atoms with Gasteiger partial charge in [-0.15, -0.1) is 0 Å². The fraction of sp³-hybridized carbons (Fsp3) is 0.429. The highest BCUT2D eigenvalue weighted by molar-refractivity contribution is 6.39. The molecule has 1 heterocycles. The number of aryl methyl sites for hydroxylation is 1. The van der Waals surface area contributed by atoms with E-state index in [1.807, 2.05) is 24.3 Å². The van der Waals surface area contributed by atoms with Crippen LogP contribution in [0, 0.1) is 0 Å². The van der Waals surface area contributed by atoms with E-state index >= 15 is 0 Å². The molecule has 1 N–H and O–H groups in total. The Morgan fingerprint density at radius 2 is 1.78 bits per heavy atom. The monoisotopic (exact) mass is 246 g/mol. The molecule has 0 unspecified atom stereocenters. The second kappa shape index (κ2) is 5.67. The Morgan fingerprint density at radius 3 is 2.33 bits per heavy atom. The zero-order valence-electron chi connectivity index (χ0n) is 10.6. The quantitative estimate of drug-likeness (QED) is 0.809. The zero-order valence-corrected chi connectivity index (χ0v) is 10.6. The predicted molar refractivity (Wildman–Crippen MR) is 70.3 cm³/mol. The van der Waals surface area contributed by atoms with Crippen molar-refractivity contribution in [2.75, 3.05) is 18.4 Å². The molecule has 4 nitrogen and oxygen atoms in total. The first-order valence-electron chi connectivity index (χ1n) is 6.40. The molecule has 0 aliphatic carbocycles. The first-order chi connectivity index (χ1) is 8.70. The molecule has 0 atom stereocenters. The summed E-state index contributed by atoms with van der Waals surface area (Å²) in [6.07, 6.45) is 2.94. The maximum atomic E-state index is 11.8. The Labute approximate surface area is 107 Å². The van der Waals surface area contributed by atoms with Crippen LogP contribution in [0.5, 0.6) is 0 Å². The Morgan fingerprint density at radius 1 is 1.17 bits per heavy atom. The number of carbonyl (C=O) groups excluding carboxylic acids is 2. The third-order valence-electron chi connectivity index (χ3n) is 3.21. The van der Waals surface area contributed by atoms with E-state index in [0.717, 1.165) is 19.3 Å². The molecule has 1 aliphatic heterocycles. The summed E-state index contributed by atoms with van der Waals surface area (Å²) in [6.45, 7) is 3.46. The molecule has 0 spiro atoms. The number of hydrogen-bond donors (Lipinski definition) is 1. The maximum Gasteiger partial charge on any atom is 0.313 e. The van der Waals surface area contributed by atoms with Crippen molar-refractivity contribution in [2.45, 2.75) is 26.2 Å². The van der Waals surface area contributed by atoms with Gasteiger partial charge in [0.05, 0.1) is 0 Å². The molecule has 1 aromatic rings. The van der Waals surface area contributed by atoms with Crippen LogP contribution in [0.4, 0.5) is 5.69 Å². The number of likely N-dealkylation sites (tertiary alicyclic amines) is 1. The normalized spacial score (nSPS) is 14.6. The van der Waals surface area contributed by atoms with Gasteiger partial charge in [-0.3, -0.25) is 9.59 Å². The summed E-state index contributed by atoms with van der Waals surface area (Å²) in [5, 5.41) is 2.64. The number of anilines is 1. The van der Waals surface area contributed by atoms with Gasteiger partial charge in [0.2, 0.25) is 0 Å². The molecule has 0 saturated carbocycles. The molecule has 2 rings (SSSR count). The first kappa shape index (κ1) is 12.6. The lowest BCUT2D eigenvalue weighted by molar-refractivity contribution is -0.142. The number of nitrogens with one attached hydrogen (secondary N) is 1. The number of rotatable bonds is 2. The molecule has 1 aromatic carbocycles. The van der Waals surface area contributed by atoms with Crippen LogP contribution in [-0.4, -0.2) is 29.8 Å². The van der Waals surface area contributed by atoms with Crippen LogP contribution in [0.25, 0.3) is 0 Å². The minimum absolute atomic E-state index is 0.424. The van der Waals surface area contributed by atoms with Gasteiger partial charge in [0, 0.05) is 18.8 Å². The Balaban J connectivity index is 1.95. The van der Waals surface area contributed by atoms with E-state index in [9.17, 15) is 9.59 Å². The van der Waals surface area contributed by atoms with E-state index in [1.165, 1.54) is 5.56 Å². The third-order valence-corrected chi connectivity index (χ3v) is 3.21. The summed E-state index contributed by atoms with van der Waals surface area (Å²) in [4.78, 5) is 25.1. The van der Waals surface area contributed by atoms with Gasteiger partial charge in [0.25, 0.3) is 0 Å². The van der Waals surface area contributed by atoms with Gasteiger partial charge in [-0.2, -0.15) is 0 Å². The van der Waals surface area contributed by atoms with Gasteiger partial charge in [0.1, 0.15) is 0 Å². The minimum atomic E-state index is -0.541. The van der Waals surface area contributed by atoms with Gasteiger partial charge in [-0.25, -0.2) is 0 Å². The fourth-order valence-electron chi connectivity index (χ4n) is 2.07. The van der Waals surface area contributed by atoms with Gasteiger partial charge >= 0.3 is 11.8 Å². The molecule has 0 radical (unpaired) electrons. The topological polar surface area (TPSA) is 49.4 Å². The molecule has 96 valence electrons. The smallest absolute Gasteiger partial charge is 0.313 e. The van der Waals surface area contributed by atoms with Gasteiger partial charge in [-0.05, 0) is 37.0 Å². The van der Waals surface area contributed by atoms with Crippen LogP contribution >= 0.6 is 0 Å². The second-order valence-electron chi connectivity index (χ2n) is 4.50. The molecule has 18 heavy (non-hydrogen) atoms. The fourth-order valence-corrected chi connectivity index (χ4v) is 2.07. The molecule has 0 aromatic heterocycles. The van der Waals surface area contributed by atoms with Crippen LogP contribution in [0.1, 0.15) is 25.3 Å². The largest absolute Gasteiger partial charge is 0.334 e. The van der Waals surface area contributed by atoms with Crippen molar-refractivity contribution < 1.29 is 9.59 Å². The minimum Gasteiger partial charge on any atom is -0.334 e. The zero-order chi connectivity index (χ0) is 13.0. The summed E-state index contributed by atoms with van der Waals surface area (Å²) in [5.74, 6) is -0.965. The van der Waals surface area contributed by atoms with Crippen molar-refractivity contribution in [3.05, 3.63) is 29.8 Å². The van der Waals surface area contributed by atoms with E-state index in [-0.39, 0.29) is 0 Å². The molecular formula is C14H18N2O2. The van der Waals surface area contributed by atoms with E-state index in [0.29, 0.717) is 18.8 Å². The number of hydrogen-bond acceptors (Lipinski definition) is 2. The van der Waals surface area contributed by atoms with Gasteiger partial charge in [-0.1, -0.05) is 19.1 Å². The lowest BCUT2D eigenvalue weighted by Gasteiger charge is -2.14. The standard InChI is InChI=1S/C14H18N2O2/c1-2-11-5-7-12(8-6-11)15-13(17)14(18)16-9-3-4-10-16/h5-8H,2-4,9-10H2,1H3,(H,15,17). The summed E-state index contributed by atoms with van der Waals surface area (Å²) >= 11 is 0. The van der Waals surface area contributed by atoms with Crippen LogP contribution in [0.15, 0.2) is 24.3 Å². The first-order valence-corrected chi connectivity index (χ1v) is 6.40. The summed E-state index contributed by atoms with van der Waals surface area (Å²) in [7, 11) is 0. The lowest BCUT2D eigenvalue weighted by Crippen LogP contribution is -2.37. The highest BCUT2D eigenvalue weighted by Crippen LogP contribution is 2.12. The van der Waals surface area contributed by atoms with E-state index in [2.05, 4.69) is 12.2 Å². The van der Waals surface area contributed by atoms with Crippen molar-refractivity contribution in [3.63, 3.8) is 0 Å². The Kier molecular flexibility index (Phi) is 3.97. The lowest BCUT2D eigenvalue weighted by atomic mass is 10.1. The van der Waals surface area contributed by atoms with Crippen molar-refractivity contribution in [1.82, 2.24) is 4.90 Å². The Hall–Kier alpha value is -1.84. The summed E-state index contributed by atoms with van der Waals surface area (Å²) in [5.41, 5.74) is 1.88. The van der Waals surface area contributed by atoms with E-state index < -0.39 is 11.8 Å². The predicted octanol–water partition coefficient (Wildman–Crippen LogP) is 1.81. The van der Waals surface area contributed by atoms with Gasteiger partial charge < -0.3 is 10.2 Å². The van der Waals surface area contributed by atoms with Crippen LogP contribution in [0.2, 0.25) is 0 Å². The van der Waals surface area contributed by atoms with Crippen LogP contribution in [0.3, 0.4) is 0 Å². The van der Waals surface area contributed by atoms with Crippen molar-refractivity contribution in [1.29, 1.82) is 0 Å². The highest BCUT2D eigenvalue weighted by Gasteiger charge is 2.24. The number of amides is 2. The molecule has 0 bridgehead atoms. The summed E-state index contributed by atoms with van der Waals surface area (Å²) in [6, 6.07) is 7.56. The average molecular weight is 246 g/mol. The van der Waals surface area contributed by atoms with Crippen molar-refractivity contribution >= 4 is 17.5 Å². The van der Waals surface area contributed by atoms with Gasteiger partial charge in [0.15, 0.2) is 0 Å². The molecule has 4 heteroatoms. The molecular weight excluding hydrogens is 228 g/mol. The third kappa shape index (κ3) is 2.88. The van der Waals surface area contributed by atoms with Crippen LogP contribution < -0.4 is 5.32 Å². The summed E-state index contributed by atoms with van der Waals surface area (Å²) < 4.78 is 0. The maximum absolute atomic E-state index is 11.8. The van der Waals surface area contributed by atoms with Crippen molar-refractivity contribution in [2.24, 2.45) is 0 Å². The number of carbonyl (C=O) groups is 2. The highest BCUT2D eigenvalue weighted by atomic mass is 16.2. The molecule has 1 fully saturated rings. The molecule has 2 amide bonds. The SMILES string of the molecule is CCc1ccc(NC(=O)C(=O)N2CCCC2)cc1. The Bertz CT molecular complexity index is 434. The number of benzene rings is 1. The second-order valence-corrected chi connectivity index (χ2v) is 4.50. The van der Waals surface area contributed by atoms with Crippen molar-refractivity contribution in [3.8, 4) is 0 Å². The van der Waals surface area contributed by atoms with E-state index in [1.54, 1.807) is 4.90 Å². The van der Waals surface area contributed by atoms with Crippen LogP contribution in [-0.2, 0) is 16.0 Å². The molecule has 1 saturated heterocycles. The number of nitrogens with zero attached hydrogens (tertiary/aromatic N) is 1. The molecule has 1 aliphatic rings. The average Bonchev–Trinajstić information content (AvgIpc) is 2.92. The van der Waals surface area contributed by atoms with E-state index in [4.69, 9.17) is 0 Å².